The summed E-state index contributed by atoms with van der Waals surface area (Å²) >= 11 is 1.40. The van der Waals surface area contributed by atoms with Crippen molar-refractivity contribution in [2.75, 3.05) is 0 Å². The summed E-state index contributed by atoms with van der Waals surface area (Å²) in [7, 11) is 0. The molecule has 0 unspecified atom stereocenters. The van der Waals surface area contributed by atoms with Gasteiger partial charge < -0.3 is 0 Å². The normalized spacial score (nSPS) is 42.4. The third-order valence-corrected chi connectivity index (χ3v) is 9.52. The Kier molecular flexibility index (Phi) is 3.45. The van der Waals surface area contributed by atoms with Crippen LogP contribution in [-0.4, -0.2) is 27.3 Å². The molecule has 0 spiro atoms. The lowest BCUT2D eigenvalue weighted by Crippen LogP contribution is -2.52. The molecule has 1 heterocycles. The van der Waals surface area contributed by atoms with E-state index in [4.69, 9.17) is 0 Å². The molecule has 4 heteroatoms. The summed E-state index contributed by atoms with van der Waals surface area (Å²) in [6.07, 6.45) is 0.774. The lowest BCUT2D eigenvalue weighted by Gasteiger charge is -2.44. The maximum Gasteiger partial charge on any atom is 0.288 e. The number of thioether (sulfide) groups is 1. The molecule has 0 radical (unpaired) electrons. The minimum absolute atomic E-state index is 0.00907. The highest BCUT2D eigenvalue weighted by Crippen LogP contribution is 2.78. The zero-order valence-corrected chi connectivity index (χ0v) is 16.4. The van der Waals surface area contributed by atoms with Gasteiger partial charge in [-0.2, -0.15) is 0 Å². The minimum Gasteiger partial charge on any atom is -0.274 e. The average molecular weight is 336 g/mol. The van der Waals surface area contributed by atoms with Gasteiger partial charge in [0.15, 0.2) is 0 Å². The van der Waals surface area contributed by atoms with Crippen LogP contribution in [0.3, 0.4) is 0 Å². The number of hydrogen-bond acceptors (Lipinski definition) is 3. The summed E-state index contributed by atoms with van der Waals surface area (Å²) in [5, 5.41) is 0.132. The SMILES string of the molecule is CC[C@@H](C)C(=O)N1C(=O)S[C@@H]2[C@H]1[C@]1(C)C(C)=C(C)[C@@]2(C)C1(C)C. The lowest BCUT2D eigenvalue weighted by molar-refractivity contribution is -0.134. The molecule has 3 rings (SSSR count). The Balaban J connectivity index is 2.17. The number of fused-ring (bicyclic) bond motifs is 5. The van der Waals surface area contributed by atoms with Gasteiger partial charge >= 0.3 is 0 Å². The zero-order chi connectivity index (χ0) is 17.5. The smallest absolute Gasteiger partial charge is 0.274 e. The zero-order valence-electron chi connectivity index (χ0n) is 15.6. The Morgan fingerprint density at radius 2 is 1.70 bits per heavy atom. The van der Waals surface area contributed by atoms with E-state index in [1.165, 1.54) is 22.9 Å². The molecule has 3 aliphatic rings. The molecule has 2 fully saturated rings. The van der Waals surface area contributed by atoms with E-state index in [0.717, 1.165) is 6.42 Å². The first-order chi connectivity index (χ1) is 10.5. The van der Waals surface area contributed by atoms with E-state index in [1.54, 1.807) is 4.90 Å². The van der Waals surface area contributed by atoms with Crippen molar-refractivity contribution in [3.63, 3.8) is 0 Å². The standard InChI is InChI=1S/C19H29NO2S/c1-9-10(2)15(21)20-13-14(23-16(20)22)19(8)12(4)11(3)18(13,7)17(19,5)6/h10,13-14H,9H2,1-8H3/t10-,13+,14-,18+,19-/m1/s1. The van der Waals surface area contributed by atoms with Gasteiger partial charge in [0.2, 0.25) is 5.91 Å². The first kappa shape index (κ1) is 17.1. The second kappa shape index (κ2) is 4.65. The van der Waals surface area contributed by atoms with Gasteiger partial charge in [-0.25, -0.2) is 0 Å². The van der Waals surface area contributed by atoms with E-state index in [1.807, 2.05) is 13.8 Å². The summed E-state index contributed by atoms with van der Waals surface area (Å²) in [4.78, 5) is 27.3. The quantitative estimate of drug-likeness (QED) is 0.676. The Morgan fingerprint density at radius 1 is 1.17 bits per heavy atom. The fraction of sp³-hybridized carbons (Fsp3) is 0.789. The summed E-state index contributed by atoms with van der Waals surface area (Å²) < 4.78 is 0. The van der Waals surface area contributed by atoms with Crippen LogP contribution in [0.1, 0.15) is 61.8 Å². The molecule has 23 heavy (non-hydrogen) atoms. The van der Waals surface area contributed by atoms with Crippen molar-refractivity contribution in [3.05, 3.63) is 11.1 Å². The van der Waals surface area contributed by atoms with Crippen molar-refractivity contribution >= 4 is 22.9 Å². The van der Waals surface area contributed by atoms with Crippen molar-refractivity contribution < 1.29 is 9.59 Å². The molecule has 128 valence electrons. The Morgan fingerprint density at radius 3 is 2.22 bits per heavy atom. The molecule has 1 aliphatic heterocycles. The van der Waals surface area contributed by atoms with E-state index < -0.39 is 0 Å². The number of allylic oxidation sites excluding steroid dienone is 1. The highest BCUT2D eigenvalue weighted by molar-refractivity contribution is 8.14. The van der Waals surface area contributed by atoms with Crippen molar-refractivity contribution in [1.29, 1.82) is 0 Å². The number of rotatable bonds is 2. The Hall–Kier alpha value is -0.770. The predicted molar refractivity (Wildman–Crippen MR) is 95.2 cm³/mol. The highest BCUT2D eigenvalue weighted by atomic mass is 32.2. The highest BCUT2D eigenvalue weighted by Gasteiger charge is 2.78. The van der Waals surface area contributed by atoms with Crippen LogP contribution >= 0.6 is 11.8 Å². The van der Waals surface area contributed by atoms with E-state index in [9.17, 15) is 9.59 Å². The average Bonchev–Trinajstić information content (AvgIpc) is 2.94. The molecule has 2 amide bonds. The predicted octanol–water partition coefficient (Wildman–Crippen LogP) is 4.87. The first-order valence-electron chi connectivity index (χ1n) is 8.70. The summed E-state index contributed by atoms with van der Waals surface area (Å²) in [5.41, 5.74) is 2.65. The van der Waals surface area contributed by atoms with E-state index in [0.29, 0.717) is 0 Å². The van der Waals surface area contributed by atoms with Gasteiger partial charge in [0, 0.05) is 22.0 Å². The molecule has 3 nitrogen and oxygen atoms in total. The van der Waals surface area contributed by atoms with Crippen molar-refractivity contribution in [3.8, 4) is 0 Å². The van der Waals surface area contributed by atoms with E-state index in [-0.39, 0.29) is 44.6 Å². The molecular weight excluding hydrogens is 306 g/mol. The van der Waals surface area contributed by atoms with Gasteiger partial charge in [-0.1, -0.05) is 64.5 Å². The maximum atomic E-state index is 12.9. The monoisotopic (exact) mass is 335 g/mol. The molecule has 1 saturated heterocycles. The van der Waals surface area contributed by atoms with Gasteiger partial charge in [-0.05, 0) is 25.7 Å². The van der Waals surface area contributed by atoms with Crippen molar-refractivity contribution in [2.45, 2.75) is 73.1 Å². The fourth-order valence-electron chi connectivity index (χ4n) is 5.53. The van der Waals surface area contributed by atoms with Crippen LogP contribution in [0.4, 0.5) is 4.79 Å². The fourth-order valence-corrected chi connectivity index (χ4v) is 7.29. The molecule has 2 aliphatic carbocycles. The Labute approximate surface area is 144 Å². The van der Waals surface area contributed by atoms with Crippen LogP contribution in [-0.2, 0) is 4.79 Å². The summed E-state index contributed by atoms with van der Waals surface area (Å²) in [6, 6.07) is -0.00907. The van der Waals surface area contributed by atoms with Crippen molar-refractivity contribution in [1.82, 2.24) is 4.90 Å². The largest absolute Gasteiger partial charge is 0.288 e. The van der Waals surface area contributed by atoms with Crippen LogP contribution in [0.25, 0.3) is 0 Å². The van der Waals surface area contributed by atoms with Gasteiger partial charge in [0.1, 0.15) is 0 Å². The number of nitrogens with zero attached hydrogens (tertiary/aromatic N) is 1. The second-order valence-corrected chi connectivity index (χ2v) is 9.64. The number of imide groups is 1. The maximum absolute atomic E-state index is 12.9. The molecule has 2 bridgehead atoms. The summed E-state index contributed by atoms with van der Waals surface area (Å²) in [6.45, 7) is 17.6. The molecule has 0 aromatic heterocycles. The van der Waals surface area contributed by atoms with Crippen LogP contribution < -0.4 is 0 Å². The number of amides is 2. The molecule has 1 saturated carbocycles. The molecule has 0 aromatic rings. The number of carbonyl (C=O) groups excluding carboxylic acids is 2. The van der Waals surface area contributed by atoms with Crippen LogP contribution in [0.15, 0.2) is 11.1 Å². The third-order valence-electron chi connectivity index (χ3n) is 8.14. The molecule has 0 aromatic carbocycles. The van der Waals surface area contributed by atoms with Crippen molar-refractivity contribution in [2.24, 2.45) is 22.2 Å². The van der Waals surface area contributed by atoms with E-state index in [2.05, 4.69) is 41.5 Å². The van der Waals surface area contributed by atoms with Gasteiger partial charge in [-0.3, -0.25) is 14.5 Å². The van der Waals surface area contributed by atoms with Gasteiger partial charge in [-0.15, -0.1) is 0 Å². The molecule has 0 N–H and O–H groups in total. The number of carbonyl (C=O) groups is 2. The summed E-state index contributed by atoms with van der Waals surface area (Å²) in [5.74, 6) is -0.0848. The van der Waals surface area contributed by atoms with Gasteiger partial charge in [0.25, 0.3) is 5.24 Å². The van der Waals surface area contributed by atoms with Gasteiger partial charge in [0.05, 0.1) is 6.04 Å². The Bertz CT molecular complexity index is 637. The molecular formula is C19H29NO2S. The van der Waals surface area contributed by atoms with E-state index >= 15 is 0 Å². The lowest BCUT2D eigenvalue weighted by atomic mass is 9.62. The van der Waals surface area contributed by atoms with Crippen LogP contribution in [0, 0.1) is 22.2 Å². The third kappa shape index (κ3) is 1.55. The van der Waals surface area contributed by atoms with Crippen LogP contribution in [0.5, 0.6) is 0 Å². The van der Waals surface area contributed by atoms with Crippen LogP contribution in [0.2, 0.25) is 0 Å². The number of hydrogen-bond donors (Lipinski definition) is 0. The first-order valence-corrected chi connectivity index (χ1v) is 9.58. The molecule has 5 atom stereocenters. The minimum atomic E-state index is -0.140. The topological polar surface area (TPSA) is 37.4 Å². The second-order valence-electron chi connectivity index (χ2n) is 8.55.